The van der Waals surface area contributed by atoms with Gasteiger partial charge in [0.05, 0.1) is 5.69 Å². The number of nitrogens with zero attached hydrogens (tertiary/aromatic N) is 3. The number of alkyl halides is 3. The first-order valence-corrected chi connectivity index (χ1v) is 9.42. The normalized spacial score (nSPS) is 10.9. The first-order chi connectivity index (χ1) is 15.1. The topological polar surface area (TPSA) is 91.4 Å². The Hall–Kier alpha value is -4.02. The van der Waals surface area contributed by atoms with Gasteiger partial charge in [0.2, 0.25) is 5.95 Å². The Balaban J connectivity index is 1.64. The lowest BCUT2D eigenvalue weighted by atomic mass is 10.2. The molecule has 3 rings (SSSR count). The predicted molar refractivity (Wildman–Crippen MR) is 117 cm³/mol. The summed E-state index contributed by atoms with van der Waals surface area (Å²) in [7, 11) is 3.76. The van der Waals surface area contributed by atoms with Crippen LogP contribution in [0.3, 0.4) is 0 Å². The Labute approximate surface area is 182 Å². The Kier molecular flexibility index (Phi) is 6.67. The summed E-state index contributed by atoms with van der Waals surface area (Å²) in [6, 6.07) is 13.1. The number of carbonyl (C=O) groups excluding carboxylic acids is 1. The molecule has 2 aromatic carbocycles. The number of para-hydroxylation sites is 2. The molecule has 11 heteroatoms. The fourth-order valence-corrected chi connectivity index (χ4v) is 2.67. The van der Waals surface area contributed by atoms with E-state index in [1.807, 2.05) is 32.0 Å². The molecule has 1 aromatic heterocycles. The van der Waals surface area contributed by atoms with Gasteiger partial charge in [0.1, 0.15) is 5.82 Å². The van der Waals surface area contributed by atoms with Gasteiger partial charge in [-0.25, -0.2) is 9.78 Å². The molecule has 0 bridgehead atoms. The molecule has 1 heterocycles. The van der Waals surface area contributed by atoms with E-state index in [0.29, 0.717) is 17.3 Å². The molecule has 0 aliphatic rings. The molecule has 0 atom stereocenters. The van der Waals surface area contributed by atoms with Gasteiger partial charge in [0.15, 0.2) is 5.75 Å². The molecule has 3 aromatic rings. The molecule has 0 radical (unpaired) electrons. The van der Waals surface area contributed by atoms with Gasteiger partial charge in [-0.3, -0.25) is 0 Å². The van der Waals surface area contributed by atoms with E-state index < -0.39 is 18.1 Å². The Bertz CT molecular complexity index is 1090. The highest BCUT2D eigenvalue weighted by molar-refractivity contribution is 6.00. The van der Waals surface area contributed by atoms with Crippen LogP contribution in [0.5, 0.6) is 5.75 Å². The number of amides is 2. The maximum absolute atomic E-state index is 12.5. The number of halogens is 3. The summed E-state index contributed by atoms with van der Waals surface area (Å²) in [5, 5.41) is 7.99. The summed E-state index contributed by atoms with van der Waals surface area (Å²) in [6.45, 7) is 1.86. The molecule has 8 nitrogen and oxygen atoms in total. The number of carbonyl (C=O) groups is 1. The van der Waals surface area contributed by atoms with Gasteiger partial charge in [0, 0.05) is 37.2 Å². The summed E-state index contributed by atoms with van der Waals surface area (Å²) < 4.78 is 41.5. The Morgan fingerprint density at radius 3 is 2.28 bits per heavy atom. The van der Waals surface area contributed by atoms with Crippen LogP contribution < -0.4 is 25.6 Å². The number of urea groups is 1. The molecule has 168 valence electrons. The molecule has 0 aliphatic carbocycles. The number of hydrogen-bond acceptors (Lipinski definition) is 6. The van der Waals surface area contributed by atoms with Crippen molar-refractivity contribution >= 4 is 34.9 Å². The molecule has 32 heavy (non-hydrogen) atoms. The van der Waals surface area contributed by atoms with Crippen LogP contribution in [-0.2, 0) is 0 Å². The van der Waals surface area contributed by atoms with Gasteiger partial charge >= 0.3 is 12.4 Å². The summed E-state index contributed by atoms with van der Waals surface area (Å²) in [5.74, 6) is 0.670. The van der Waals surface area contributed by atoms with Gasteiger partial charge in [0.25, 0.3) is 0 Å². The van der Waals surface area contributed by atoms with Crippen LogP contribution in [0.25, 0.3) is 0 Å². The number of aromatic nitrogens is 2. The molecule has 0 saturated carbocycles. The van der Waals surface area contributed by atoms with Crippen molar-refractivity contribution in [1.82, 2.24) is 9.97 Å². The first-order valence-electron chi connectivity index (χ1n) is 9.42. The summed E-state index contributed by atoms with van der Waals surface area (Å²) >= 11 is 0. The number of benzene rings is 2. The van der Waals surface area contributed by atoms with Crippen molar-refractivity contribution in [3.05, 3.63) is 60.3 Å². The average molecular weight is 446 g/mol. The molecule has 3 N–H and O–H groups in total. The van der Waals surface area contributed by atoms with Crippen molar-refractivity contribution in [3.63, 3.8) is 0 Å². The summed E-state index contributed by atoms with van der Waals surface area (Å²) in [4.78, 5) is 22.8. The van der Waals surface area contributed by atoms with Crippen molar-refractivity contribution in [2.45, 2.75) is 13.3 Å². The van der Waals surface area contributed by atoms with E-state index >= 15 is 0 Å². The zero-order chi connectivity index (χ0) is 23.3. The maximum Gasteiger partial charge on any atom is 0.573 e. The molecule has 0 fully saturated rings. The van der Waals surface area contributed by atoms with Crippen LogP contribution in [-0.4, -0.2) is 36.5 Å². The lowest BCUT2D eigenvalue weighted by Crippen LogP contribution is -2.22. The number of aryl methyl sites for hydroxylation is 1. The van der Waals surface area contributed by atoms with Crippen LogP contribution in [0.1, 0.15) is 5.69 Å². The van der Waals surface area contributed by atoms with Gasteiger partial charge in [-0.1, -0.05) is 12.1 Å². The fraction of sp³-hybridized carbons (Fsp3) is 0.190. The number of hydrogen-bond donors (Lipinski definition) is 3. The second kappa shape index (κ2) is 9.41. The molecule has 0 unspecified atom stereocenters. The van der Waals surface area contributed by atoms with Crippen LogP contribution in [0.4, 0.5) is 46.8 Å². The fourth-order valence-electron chi connectivity index (χ4n) is 2.67. The van der Waals surface area contributed by atoms with E-state index in [-0.39, 0.29) is 5.69 Å². The quantitative estimate of drug-likeness (QED) is 0.486. The second-order valence-corrected chi connectivity index (χ2v) is 6.91. The number of rotatable bonds is 6. The van der Waals surface area contributed by atoms with E-state index in [4.69, 9.17) is 0 Å². The summed E-state index contributed by atoms with van der Waals surface area (Å²) in [5.41, 5.74) is 1.81. The smallest absolute Gasteiger partial charge is 0.404 e. The van der Waals surface area contributed by atoms with Crippen LogP contribution in [0, 0.1) is 6.92 Å². The van der Waals surface area contributed by atoms with Crippen molar-refractivity contribution < 1.29 is 22.7 Å². The maximum atomic E-state index is 12.5. The largest absolute Gasteiger partial charge is 0.573 e. The van der Waals surface area contributed by atoms with E-state index in [0.717, 1.165) is 17.6 Å². The van der Waals surface area contributed by atoms with Crippen LogP contribution in [0.2, 0.25) is 0 Å². The van der Waals surface area contributed by atoms with E-state index in [2.05, 4.69) is 30.7 Å². The van der Waals surface area contributed by atoms with Gasteiger partial charge in [-0.2, -0.15) is 4.98 Å². The molecule has 0 aliphatic heterocycles. The SMILES string of the molecule is Cc1cc(N(C)C)nc(Nc2ccc(NC(=O)Nc3ccccc3OC(F)(F)F)cc2)n1. The standard InChI is InChI=1S/C21H21F3N6O2/c1-13-12-18(30(2)3)29-19(25-13)26-14-8-10-15(11-9-14)27-20(31)28-16-6-4-5-7-17(16)32-21(22,23)24/h4-12H,1-3H3,(H,25,26,29)(H2,27,28,31). The van der Waals surface area contributed by atoms with Crippen molar-refractivity contribution in [1.29, 1.82) is 0 Å². The average Bonchev–Trinajstić information content (AvgIpc) is 2.69. The van der Waals surface area contributed by atoms with Gasteiger partial charge in [-0.15, -0.1) is 13.2 Å². The zero-order valence-electron chi connectivity index (χ0n) is 17.5. The van der Waals surface area contributed by atoms with Crippen molar-refractivity contribution in [2.75, 3.05) is 34.9 Å². The minimum Gasteiger partial charge on any atom is -0.404 e. The van der Waals surface area contributed by atoms with E-state index in [1.54, 1.807) is 24.3 Å². The lowest BCUT2D eigenvalue weighted by molar-refractivity contribution is -0.274. The Morgan fingerprint density at radius 2 is 1.62 bits per heavy atom. The van der Waals surface area contributed by atoms with Crippen LogP contribution in [0.15, 0.2) is 54.6 Å². The van der Waals surface area contributed by atoms with E-state index in [1.165, 1.54) is 18.2 Å². The molecule has 0 saturated heterocycles. The minimum absolute atomic E-state index is 0.117. The molecular weight excluding hydrogens is 425 g/mol. The number of nitrogens with one attached hydrogen (secondary N) is 3. The highest BCUT2D eigenvalue weighted by Crippen LogP contribution is 2.30. The van der Waals surface area contributed by atoms with E-state index in [9.17, 15) is 18.0 Å². The van der Waals surface area contributed by atoms with Gasteiger partial charge < -0.3 is 25.6 Å². The number of ether oxygens (including phenoxy) is 1. The van der Waals surface area contributed by atoms with Crippen molar-refractivity contribution in [2.24, 2.45) is 0 Å². The third kappa shape index (κ3) is 6.49. The highest BCUT2D eigenvalue weighted by atomic mass is 19.4. The zero-order valence-corrected chi connectivity index (χ0v) is 17.5. The predicted octanol–water partition coefficient (Wildman–Crippen LogP) is 5.14. The second-order valence-electron chi connectivity index (χ2n) is 6.91. The summed E-state index contributed by atoms with van der Waals surface area (Å²) in [6.07, 6.45) is -4.87. The monoisotopic (exact) mass is 446 g/mol. The lowest BCUT2D eigenvalue weighted by Gasteiger charge is -2.15. The third-order valence-corrected chi connectivity index (χ3v) is 4.06. The third-order valence-electron chi connectivity index (χ3n) is 4.06. The molecular formula is C21H21F3N6O2. The highest BCUT2D eigenvalue weighted by Gasteiger charge is 2.32. The van der Waals surface area contributed by atoms with Crippen LogP contribution >= 0.6 is 0 Å². The minimum atomic E-state index is -4.87. The Morgan fingerprint density at radius 1 is 0.969 bits per heavy atom. The molecule has 0 spiro atoms. The van der Waals surface area contributed by atoms with Crippen molar-refractivity contribution in [3.8, 4) is 5.75 Å². The first kappa shape index (κ1) is 22.7. The van der Waals surface area contributed by atoms with Gasteiger partial charge in [-0.05, 0) is 43.3 Å². The number of anilines is 5. The molecule has 2 amide bonds.